The van der Waals surface area contributed by atoms with Crippen molar-refractivity contribution in [1.82, 2.24) is 20.3 Å². The van der Waals surface area contributed by atoms with Gasteiger partial charge in [-0.15, -0.1) is 0 Å². The number of fused-ring (bicyclic) bond motifs is 1. The van der Waals surface area contributed by atoms with Gasteiger partial charge in [0.15, 0.2) is 11.6 Å². The minimum atomic E-state index is -0.973. The highest BCUT2D eigenvalue weighted by atomic mass is 16.5. The maximum atomic E-state index is 10.0. The van der Waals surface area contributed by atoms with Gasteiger partial charge in [-0.05, 0) is 51.9 Å². The Labute approximate surface area is 164 Å². The fraction of sp³-hybridized carbons (Fsp3) is 0.400. The number of rotatable bonds is 6. The molecule has 2 aromatic rings. The van der Waals surface area contributed by atoms with Crippen LogP contribution in [0.2, 0.25) is 0 Å². The number of nitrogens with one attached hydrogen (secondary N) is 3. The standard InChI is InChI=1S/C20H26N6O2/c1-11(12(2)22-5)15-16-17(28-18(15)21)19(26-10-25-16)24-9-13-6-7-14(23-8-13)20(3,4)27/h6-8,10,12,21-22,27H,9H2,1-5H3,(H,24,25,26)/b15-11-,21-18?. The highest BCUT2D eigenvalue weighted by Gasteiger charge is 2.31. The summed E-state index contributed by atoms with van der Waals surface area (Å²) in [5.41, 5.74) is 2.88. The van der Waals surface area contributed by atoms with Gasteiger partial charge < -0.3 is 20.5 Å². The molecule has 2 aromatic heterocycles. The Balaban J connectivity index is 1.83. The number of aliphatic hydroxyl groups is 1. The molecule has 0 saturated carbocycles. The average molecular weight is 382 g/mol. The highest BCUT2D eigenvalue weighted by molar-refractivity contribution is 6.23. The van der Waals surface area contributed by atoms with Gasteiger partial charge in [0.25, 0.3) is 0 Å². The quantitative estimate of drug-likeness (QED) is 0.606. The van der Waals surface area contributed by atoms with Crippen LogP contribution in [0.15, 0.2) is 30.2 Å². The Kier molecular flexibility index (Phi) is 5.44. The second-order valence-corrected chi connectivity index (χ2v) is 7.36. The fourth-order valence-corrected chi connectivity index (χ4v) is 2.91. The van der Waals surface area contributed by atoms with Crippen LogP contribution in [0.25, 0.3) is 5.57 Å². The number of hydrogen-bond donors (Lipinski definition) is 4. The van der Waals surface area contributed by atoms with E-state index in [-0.39, 0.29) is 11.9 Å². The Morgan fingerprint density at radius 1 is 1.29 bits per heavy atom. The fourth-order valence-electron chi connectivity index (χ4n) is 2.91. The van der Waals surface area contributed by atoms with Gasteiger partial charge in [-0.25, -0.2) is 9.97 Å². The molecule has 28 heavy (non-hydrogen) atoms. The largest absolute Gasteiger partial charge is 0.433 e. The van der Waals surface area contributed by atoms with E-state index >= 15 is 0 Å². The first-order valence-electron chi connectivity index (χ1n) is 9.14. The van der Waals surface area contributed by atoms with Crippen molar-refractivity contribution in [3.63, 3.8) is 0 Å². The predicted molar refractivity (Wildman–Crippen MR) is 108 cm³/mol. The molecule has 0 fully saturated rings. The monoisotopic (exact) mass is 382 g/mol. The van der Waals surface area contributed by atoms with E-state index in [0.29, 0.717) is 35.1 Å². The number of aromatic nitrogens is 3. The van der Waals surface area contributed by atoms with Gasteiger partial charge in [0.2, 0.25) is 5.90 Å². The molecule has 1 unspecified atom stereocenters. The van der Waals surface area contributed by atoms with E-state index in [4.69, 9.17) is 10.1 Å². The van der Waals surface area contributed by atoms with Crippen molar-refractivity contribution in [1.29, 1.82) is 5.41 Å². The smallest absolute Gasteiger partial charge is 0.221 e. The Hall–Kier alpha value is -2.84. The third-order valence-electron chi connectivity index (χ3n) is 4.86. The normalized spacial score (nSPS) is 16.4. The van der Waals surface area contributed by atoms with Gasteiger partial charge >= 0.3 is 0 Å². The van der Waals surface area contributed by atoms with Gasteiger partial charge in [-0.3, -0.25) is 10.4 Å². The summed E-state index contributed by atoms with van der Waals surface area (Å²) in [6, 6.07) is 3.80. The van der Waals surface area contributed by atoms with E-state index in [1.165, 1.54) is 6.33 Å². The van der Waals surface area contributed by atoms with Crippen LogP contribution in [0, 0.1) is 5.41 Å². The van der Waals surface area contributed by atoms with Crippen molar-refractivity contribution in [3.05, 3.63) is 47.2 Å². The molecule has 0 aromatic carbocycles. The molecular weight excluding hydrogens is 356 g/mol. The lowest BCUT2D eigenvalue weighted by Crippen LogP contribution is -2.24. The molecule has 3 heterocycles. The molecule has 1 atom stereocenters. The summed E-state index contributed by atoms with van der Waals surface area (Å²) in [5, 5.41) is 24.6. The van der Waals surface area contributed by atoms with Gasteiger partial charge in [0, 0.05) is 18.8 Å². The summed E-state index contributed by atoms with van der Waals surface area (Å²) in [5.74, 6) is 1.07. The average Bonchev–Trinajstić information content (AvgIpc) is 3.01. The van der Waals surface area contributed by atoms with Crippen molar-refractivity contribution in [2.24, 2.45) is 0 Å². The van der Waals surface area contributed by atoms with Crippen LogP contribution in [-0.4, -0.2) is 39.0 Å². The second-order valence-electron chi connectivity index (χ2n) is 7.36. The maximum Gasteiger partial charge on any atom is 0.221 e. The summed E-state index contributed by atoms with van der Waals surface area (Å²) in [6.45, 7) is 7.87. The number of ether oxygens (including phenoxy) is 1. The summed E-state index contributed by atoms with van der Waals surface area (Å²) in [7, 11) is 1.87. The van der Waals surface area contributed by atoms with Gasteiger partial charge in [-0.1, -0.05) is 6.07 Å². The van der Waals surface area contributed by atoms with Crippen LogP contribution in [0.5, 0.6) is 5.75 Å². The molecule has 0 spiro atoms. The molecular formula is C20H26N6O2. The summed E-state index contributed by atoms with van der Waals surface area (Å²) < 4.78 is 5.68. The molecule has 0 amide bonds. The SMILES string of the molecule is CNC(C)/C(C)=C1\C(=N)Oc2c(NCc3ccc(C(C)(C)O)nc3)ncnc21. The zero-order chi connectivity index (χ0) is 20.5. The molecule has 8 nitrogen and oxygen atoms in total. The lowest BCUT2D eigenvalue weighted by molar-refractivity contribution is 0.0738. The lowest BCUT2D eigenvalue weighted by atomic mass is 10.0. The number of pyridine rings is 1. The van der Waals surface area contributed by atoms with E-state index in [1.807, 2.05) is 27.0 Å². The zero-order valence-corrected chi connectivity index (χ0v) is 16.8. The second kappa shape index (κ2) is 7.65. The topological polar surface area (TPSA) is 116 Å². The molecule has 8 heteroatoms. The minimum Gasteiger partial charge on any atom is -0.433 e. The van der Waals surface area contributed by atoms with Crippen molar-refractivity contribution in [3.8, 4) is 5.75 Å². The van der Waals surface area contributed by atoms with Crippen LogP contribution in [0.3, 0.4) is 0 Å². The zero-order valence-electron chi connectivity index (χ0n) is 16.8. The summed E-state index contributed by atoms with van der Waals surface area (Å²) >= 11 is 0. The minimum absolute atomic E-state index is 0.0781. The molecule has 3 rings (SSSR count). The first-order chi connectivity index (χ1) is 13.2. The van der Waals surface area contributed by atoms with E-state index in [9.17, 15) is 5.11 Å². The Bertz CT molecular complexity index is 915. The van der Waals surface area contributed by atoms with Crippen LogP contribution in [-0.2, 0) is 12.1 Å². The van der Waals surface area contributed by atoms with Gasteiger partial charge in [-0.2, -0.15) is 0 Å². The summed E-state index contributed by atoms with van der Waals surface area (Å²) in [4.78, 5) is 12.9. The number of anilines is 1. The number of nitrogens with zero attached hydrogens (tertiary/aromatic N) is 3. The van der Waals surface area contributed by atoms with Crippen molar-refractivity contribution < 1.29 is 9.84 Å². The van der Waals surface area contributed by atoms with Crippen LogP contribution in [0.4, 0.5) is 5.82 Å². The van der Waals surface area contributed by atoms with E-state index in [1.54, 1.807) is 26.1 Å². The third kappa shape index (κ3) is 3.88. The van der Waals surface area contributed by atoms with Crippen LogP contribution in [0.1, 0.15) is 44.6 Å². The predicted octanol–water partition coefficient (Wildman–Crippen LogP) is 2.46. The van der Waals surface area contributed by atoms with Crippen molar-refractivity contribution in [2.75, 3.05) is 12.4 Å². The Morgan fingerprint density at radius 3 is 2.64 bits per heavy atom. The first-order valence-corrected chi connectivity index (χ1v) is 9.14. The molecule has 4 N–H and O–H groups in total. The van der Waals surface area contributed by atoms with Gasteiger partial charge in [0.1, 0.15) is 17.6 Å². The molecule has 0 saturated heterocycles. The molecule has 0 radical (unpaired) electrons. The van der Waals surface area contributed by atoms with Crippen molar-refractivity contribution >= 4 is 17.3 Å². The highest BCUT2D eigenvalue weighted by Crippen LogP contribution is 2.39. The van der Waals surface area contributed by atoms with Gasteiger partial charge in [0.05, 0.1) is 11.3 Å². The van der Waals surface area contributed by atoms with Crippen molar-refractivity contribution in [2.45, 2.75) is 45.9 Å². The first kappa shape index (κ1) is 19.9. The Morgan fingerprint density at radius 2 is 2.04 bits per heavy atom. The number of likely N-dealkylation sites (N-methyl/N-ethyl adjacent to an activating group) is 1. The maximum absolute atomic E-state index is 10.0. The third-order valence-corrected chi connectivity index (χ3v) is 4.86. The van der Waals surface area contributed by atoms with E-state index in [2.05, 4.69) is 25.6 Å². The van der Waals surface area contributed by atoms with Crippen LogP contribution < -0.4 is 15.4 Å². The molecule has 148 valence electrons. The molecule has 0 bridgehead atoms. The lowest BCUT2D eigenvalue weighted by Gasteiger charge is -2.16. The van der Waals surface area contributed by atoms with E-state index in [0.717, 1.165) is 11.1 Å². The summed E-state index contributed by atoms with van der Waals surface area (Å²) in [6.07, 6.45) is 3.19. The molecule has 1 aliphatic rings. The molecule has 0 aliphatic carbocycles. The number of hydrogen-bond acceptors (Lipinski definition) is 8. The molecule has 1 aliphatic heterocycles. The van der Waals surface area contributed by atoms with Crippen LogP contribution >= 0.6 is 0 Å². The van der Waals surface area contributed by atoms with E-state index < -0.39 is 5.60 Å².